The van der Waals surface area contributed by atoms with Crippen LogP contribution in [0.5, 0.6) is 0 Å². The lowest BCUT2D eigenvalue weighted by molar-refractivity contribution is -0.130. The zero-order valence-electron chi connectivity index (χ0n) is 9.68. The van der Waals surface area contributed by atoms with Crippen LogP contribution in [0.15, 0.2) is 21.9 Å². The van der Waals surface area contributed by atoms with Crippen LogP contribution in [0.3, 0.4) is 0 Å². The SMILES string of the molecule is CCCN1CCC(n2ccc(=O)[nH]c2=O)C1=O. The Balaban J connectivity index is 2.27. The van der Waals surface area contributed by atoms with Crippen molar-refractivity contribution >= 4 is 5.91 Å². The number of carbonyl (C=O) groups is 1. The molecule has 6 heteroatoms. The standard InChI is InChI=1S/C11H15N3O3/c1-2-5-13-6-3-8(10(13)16)14-7-4-9(15)12-11(14)17/h4,7-8H,2-3,5-6H2,1H3,(H,12,15,17). The highest BCUT2D eigenvalue weighted by Crippen LogP contribution is 2.21. The Morgan fingerprint density at radius 1 is 1.41 bits per heavy atom. The summed E-state index contributed by atoms with van der Waals surface area (Å²) in [7, 11) is 0. The predicted octanol–water partition coefficient (Wildman–Crippen LogP) is -0.280. The fourth-order valence-corrected chi connectivity index (χ4v) is 2.15. The van der Waals surface area contributed by atoms with Gasteiger partial charge in [0.2, 0.25) is 5.91 Å². The zero-order valence-corrected chi connectivity index (χ0v) is 9.68. The largest absolute Gasteiger partial charge is 0.341 e. The number of aromatic amines is 1. The monoisotopic (exact) mass is 237 g/mol. The lowest BCUT2D eigenvalue weighted by Gasteiger charge is -2.16. The van der Waals surface area contributed by atoms with Crippen LogP contribution >= 0.6 is 0 Å². The molecule has 1 aliphatic rings. The first-order valence-corrected chi connectivity index (χ1v) is 5.73. The summed E-state index contributed by atoms with van der Waals surface area (Å²) in [6, 6.07) is 0.794. The first-order valence-electron chi connectivity index (χ1n) is 5.73. The summed E-state index contributed by atoms with van der Waals surface area (Å²) in [5.74, 6) is -0.0407. The Morgan fingerprint density at radius 2 is 2.18 bits per heavy atom. The van der Waals surface area contributed by atoms with Crippen molar-refractivity contribution < 1.29 is 4.79 Å². The summed E-state index contributed by atoms with van der Waals surface area (Å²) in [6.45, 7) is 3.39. The minimum absolute atomic E-state index is 0.0407. The summed E-state index contributed by atoms with van der Waals surface area (Å²) in [6.07, 6.45) is 2.91. The minimum Gasteiger partial charge on any atom is -0.341 e. The van der Waals surface area contributed by atoms with Gasteiger partial charge in [0.05, 0.1) is 0 Å². The maximum atomic E-state index is 12.0. The molecular weight excluding hydrogens is 222 g/mol. The van der Waals surface area contributed by atoms with Gasteiger partial charge in [-0.2, -0.15) is 0 Å². The lowest BCUT2D eigenvalue weighted by Crippen LogP contribution is -2.36. The highest BCUT2D eigenvalue weighted by Gasteiger charge is 2.32. The van der Waals surface area contributed by atoms with Crippen molar-refractivity contribution in [3.63, 3.8) is 0 Å². The molecule has 2 heterocycles. The third-order valence-electron chi connectivity index (χ3n) is 2.95. The van der Waals surface area contributed by atoms with E-state index in [2.05, 4.69) is 4.98 Å². The fourth-order valence-electron chi connectivity index (χ4n) is 2.15. The Morgan fingerprint density at radius 3 is 2.82 bits per heavy atom. The summed E-state index contributed by atoms with van der Waals surface area (Å²) >= 11 is 0. The summed E-state index contributed by atoms with van der Waals surface area (Å²) in [5.41, 5.74) is -0.962. The van der Waals surface area contributed by atoms with Crippen LogP contribution in [0.4, 0.5) is 0 Å². The fraction of sp³-hybridized carbons (Fsp3) is 0.545. The molecule has 1 aromatic rings. The van der Waals surface area contributed by atoms with E-state index in [0.717, 1.165) is 6.42 Å². The average molecular weight is 237 g/mol. The number of amides is 1. The number of carbonyl (C=O) groups excluding carboxylic acids is 1. The molecule has 1 fully saturated rings. The zero-order chi connectivity index (χ0) is 12.4. The molecule has 1 amide bonds. The molecule has 17 heavy (non-hydrogen) atoms. The highest BCUT2D eigenvalue weighted by atomic mass is 16.2. The number of aromatic nitrogens is 2. The first-order chi connectivity index (χ1) is 8.13. The van der Waals surface area contributed by atoms with Gasteiger partial charge >= 0.3 is 5.69 Å². The predicted molar refractivity (Wildman–Crippen MR) is 61.8 cm³/mol. The molecule has 1 aromatic heterocycles. The van der Waals surface area contributed by atoms with Crippen LogP contribution in [0.1, 0.15) is 25.8 Å². The molecular formula is C11H15N3O3. The second kappa shape index (κ2) is 4.57. The van der Waals surface area contributed by atoms with Gasteiger partial charge in [-0.15, -0.1) is 0 Å². The van der Waals surface area contributed by atoms with Gasteiger partial charge < -0.3 is 4.90 Å². The summed E-state index contributed by atoms with van der Waals surface area (Å²) < 4.78 is 1.30. The smallest absolute Gasteiger partial charge is 0.329 e. The quantitative estimate of drug-likeness (QED) is 0.785. The number of rotatable bonds is 3. The van der Waals surface area contributed by atoms with E-state index in [-0.39, 0.29) is 5.91 Å². The third kappa shape index (κ3) is 2.15. The number of H-pyrrole nitrogens is 1. The van der Waals surface area contributed by atoms with Gasteiger partial charge in [0.25, 0.3) is 5.56 Å². The number of hydrogen-bond acceptors (Lipinski definition) is 3. The Hall–Kier alpha value is -1.85. The van der Waals surface area contributed by atoms with E-state index in [0.29, 0.717) is 19.5 Å². The van der Waals surface area contributed by atoms with Crippen LogP contribution in [0, 0.1) is 0 Å². The van der Waals surface area contributed by atoms with Crippen molar-refractivity contribution in [3.8, 4) is 0 Å². The van der Waals surface area contributed by atoms with Crippen LogP contribution < -0.4 is 11.2 Å². The molecule has 2 rings (SSSR count). The van der Waals surface area contributed by atoms with Crippen molar-refractivity contribution in [1.29, 1.82) is 0 Å². The molecule has 1 atom stereocenters. The number of hydrogen-bond donors (Lipinski definition) is 1. The molecule has 0 aromatic carbocycles. The summed E-state index contributed by atoms with van der Waals surface area (Å²) in [5, 5.41) is 0. The number of nitrogens with one attached hydrogen (secondary N) is 1. The molecule has 92 valence electrons. The maximum Gasteiger partial charge on any atom is 0.329 e. The van der Waals surface area contributed by atoms with Crippen LogP contribution in [-0.2, 0) is 4.79 Å². The van der Waals surface area contributed by atoms with Crippen molar-refractivity contribution in [3.05, 3.63) is 33.1 Å². The van der Waals surface area contributed by atoms with Gasteiger partial charge in [0, 0.05) is 25.4 Å². The van der Waals surface area contributed by atoms with E-state index < -0.39 is 17.3 Å². The summed E-state index contributed by atoms with van der Waals surface area (Å²) in [4.78, 5) is 38.4. The van der Waals surface area contributed by atoms with Gasteiger partial charge in [-0.1, -0.05) is 6.92 Å². The molecule has 1 N–H and O–H groups in total. The van der Waals surface area contributed by atoms with E-state index in [9.17, 15) is 14.4 Å². The Labute approximate surface area is 97.9 Å². The molecule has 0 bridgehead atoms. The molecule has 6 nitrogen and oxygen atoms in total. The molecule has 1 aliphatic heterocycles. The second-order valence-corrected chi connectivity index (χ2v) is 4.15. The normalized spacial score (nSPS) is 19.9. The van der Waals surface area contributed by atoms with Gasteiger partial charge in [0.15, 0.2) is 0 Å². The van der Waals surface area contributed by atoms with Gasteiger partial charge in [-0.25, -0.2) is 4.79 Å². The van der Waals surface area contributed by atoms with Crippen LogP contribution in [-0.4, -0.2) is 33.4 Å². The van der Waals surface area contributed by atoms with Crippen LogP contribution in [0.25, 0.3) is 0 Å². The number of nitrogens with zero attached hydrogens (tertiary/aromatic N) is 2. The number of likely N-dealkylation sites (tertiary alicyclic amines) is 1. The average Bonchev–Trinajstić information content (AvgIpc) is 2.62. The highest BCUT2D eigenvalue weighted by molar-refractivity contribution is 5.82. The minimum atomic E-state index is -0.519. The van der Waals surface area contributed by atoms with E-state index in [1.807, 2.05) is 6.92 Å². The molecule has 0 saturated carbocycles. The van der Waals surface area contributed by atoms with E-state index in [1.165, 1.54) is 16.8 Å². The van der Waals surface area contributed by atoms with Crippen molar-refractivity contribution in [1.82, 2.24) is 14.5 Å². The molecule has 0 aliphatic carbocycles. The molecule has 1 saturated heterocycles. The topological polar surface area (TPSA) is 75.2 Å². The molecule has 1 unspecified atom stereocenters. The van der Waals surface area contributed by atoms with E-state index in [1.54, 1.807) is 4.90 Å². The van der Waals surface area contributed by atoms with Crippen molar-refractivity contribution in [2.24, 2.45) is 0 Å². The Kier molecular flexibility index (Phi) is 3.12. The van der Waals surface area contributed by atoms with Crippen LogP contribution in [0.2, 0.25) is 0 Å². The molecule has 0 spiro atoms. The van der Waals surface area contributed by atoms with Gasteiger partial charge in [-0.05, 0) is 12.8 Å². The first kappa shape index (κ1) is 11.6. The molecule has 0 radical (unpaired) electrons. The van der Waals surface area contributed by atoms with E-state index in [4.69, 9.17) is 0 Å². The van der Waals surface area contributed by atoms with Gasteiger partial charge in [0.1, 0.15) is 6.04 Å². The van der Waals surface area contributed by atoms with E-state index >= 15 is 0 Å². The second-order valence-electron chi connectivity index (χ2n) is 4.15. The maximum absolute atomic E-state index is 12.0. The Bertz CT molecular complexity index is 531. The van der Waals surface area contributed by atoms with Gasteiger partial charge in [-0.3, -0.25) is 19.1 Å². The van der Waals surface area contributed by atoms with Crippen molar-refractivity contribution in [2.45, 2.75) is 25.8 Å². The lowest BCUT2D eigenvalue weighted by atomic mass is 10.2. The third-order valence-corrected chi connectivity index (χ3v) is 2.95. The van der Waals surface area contributed by atoms with Crippen molar-refractivity contribution in [2.75, 3.05) is 13.1 Å².